The van der Waals surface area contributed by atoms with Crippen LogP contribution in [-0.4, -0.2) is 79.3 Å². The summed E-state index contributed by atoms with van der Waals surface area (Å²) in [6.45, 7) is 20.5. The molecule has 0 aliphatic carbocycles. The van der Waals surface area contributed by atoms with Gasteiger partial charge in [0.15, 0.2) is 0 Å². The van der Waals surface area contributed by atoms with Crippen molar-refractivity contribution in [3.05, 3.63) is 0 Å². The molecule has 0 N–H and O–H groups in total. The molecule has 2 unspecified atom stereocenters. The highest BCUT2D eigenvalue weighted by atomic mass is 16.6. The Kier molecular flexibility index (Phi) is 17.1. The van der Waals surface area contributed by atoms with Gasteiger partial charge in [-0.1, -0.05) is 55.4 Å². The summed E-state index contributed by atoms with van der Waals surface area (Å²) >= 11 is 0. The van der Waals surface area contributed by atoms with Crippen LogP contribution in [0.2, 0.25) is 0 Å². The van der Waals surface area contributed by atoms with Crippen LogP contribution in [0, 0.1) is 22.7 Å². The van der Waals surface area contributed by atoms with E-state index in [1.54, 1.807) is 28.4 Å². The van der Waals surface area contributed by atoms with E-state index in [2.05, 4.69) is 55.4 Å². The van der Waals surface area contributed by atoms with E-state index in [0.717, 1.165) is 12.8 Å². The Morgan fingerprint density at radius 3 is 1.09 bits per heavy atom. The Morgan fingerprint density at radius 2 is 0.853 bits per heavy atom. The molecule has 0 aromatic rings. The van der Waals surface area contributed by atoms with E-state index in [0.29, 0.717) is 49.1 Å². The lowest BCUT2D eigenvalue weighted by Gasteiger charge is -2.35. The molecule has 6 atom stereocenters. The molecule has 0 fully saturated rings. The summed E-state index contributed by atoms with van der Waals surface area (Å²) in [6, 6.07) is 0. The Morgan fingerprint density at radius 1 is 0.529 bits per heavy atom. The van der Waals surface area contributed by atoms with Crippen molar-refractivity contribution in [3.63, 3.8) is 0 Å². The van der Waals surface area contributed by atoms with Crippen molar-refractivity contribution in [1.82, 2.24) is 0 Å². The van der Waals surface area contributed by atoms with Crippen LogP contribution >= 0.6 is 0 Å². The zero-order valence-corrected chi connectivity index (χ0v) is 24.6. The fourth-order valence-corrected chi connectivity index (χ4v) is 4.85. The molecule has 0 saturated carbocycles. The summed E-state index contributed by atoms with van der Waals surface area (Å²) in [7, 11) is 6.72. The Hall–Kier alpha value is -0.240. The van der Waals surface area contributed by atoms with Gasteiger partial charge in [0.1, 0.15) is 24.4 Å². The summed E-state index contributed by atoms with van der Waals surface area (Å²) in [4.78, 5) is 0. The van der Waals surface area contributed by atoms with Crippen LogP contribution in [0.25, 0.3) is 0 Å². The highest BCUT2D eigenvalue weighted by Gasteiger charge is 2.36. The van der Waals surface area contributed by atoms with Crippen LogP contribution in [0.3, 0.4) is 0 Å². The van der Waals surface area contributed by atoms with Gasteiger partial charge in [-0.05, 0) is 48.3 Å². The van der Waals surface area contributed by atoms with Gasteiger partial charge in [-0.15, -0.1) is 0 Å². The van der Waals surface area contributed by atoms with Crippen molar-refractivity contribution in [2.75, 3.05) is 54.9 Å². The van der Waals surface area contributed by atoms with Gasteiger partial charge in [0.2, 0.25) is 0 Å². The second-order valence-corrected chi connectivity index (χ2v) is 12.4. The van der Waals surface area contributed by atoms with E-state index in [9.17, 15) is 0 Å². The van der Waals surface area contributed by atoms with Crippen molar-refractivity contribution in [2.24, 2.45) is 22.7 Å². The third kappa shape index (κ3) is 15.7. The molecule has 0 spiro atoms. The summed E-state index contributed by atoms with van der Waals surface area (Å²) in [6.07, 6.45) is 3.21. The van der Waals surface area contributed by atoms with Gasteiger partial charge in [-0.3, -0.25) is 0 Å². The highest BCUT2D eigenvalue weighted by molar-refractivity contribution is 4.85. The Bertz CT molecular complexity index is 440. The average molecular weight is 491 g/mol. The minimum Gasteiger partial charge on any atom is -0.379 e. The topological polar surface area (TPSA) is 55.4 Å². The van der Waals surface area contributed by atoms with Crippen LogP contribution < -0.4 is 0 Å². The zero-order chi connectivity index (χ0) is 26.4. The number of rotatable bonds is 19. The van der Waals surface area contributed by atoms with E-state index in [4.69, 9.17) is 28.4 Å². The van der Waals surface area contributed by atoms with Crippen molar-refractivity contribution in [2.45, 2.75) is 105 Å². The molecule has 34 heavy (non-hydrogen) atoms. The molecule has 0 bridgehead atoms. The molecule has 0 aliphatic heterocycles. The van der Waals surface area contributed by atoms with E-state index >= 15 is 0 Å². The standard InChI is InChI=1S/C28H58O6/c1-21(17-27(3,4)5)13-15-33-19-23(29-9)25(31-11)26(32-12)24(30-10)20-34-16-14-22(2)18-28(6,7)8/h21-26H,13-20H2,1-12H3/t21?,22?,23-,24+,25-,26-/m1/s1. The average Bonchev–Trinajstić information content (AvgIpc) is 2.71. The molecule has 0 aromatic carbocycles. The molecular weight excluding hydrogens is 432 g/mol. The van der Waals surface area contributed by atoms with Gasteiger partial charge in [0, 0.05) is 41.7 Å². The summed E-state index contributed by atoms with van der Waals surface area (Å²) in [5.41, 5.74) is 0.673. The number of hydrogen-bond acceptors (Lipinski definition) is 6. The van der Waals surface area contributed by atoms with Crippen LogP contribution in [0.5, 0.6) is 0 Å². The second kappa shape index (κ2) is 17.3. The molecule has 6 nitrogen and oxygen atoms in total. The molecule has 206 valence electrons. The molecule has 0 amide bonds. The second-order valence-electron chi connectivity index (χ2n) is 12.4. The largest absolute Gasteiger partial charge is 0.379 e. The Balaban J connectivity index is 4.73. The van der Waals surface area contributed by atoms with Gasteiger partial charge in [-0.25, -0.2) is 0 Å². The molecule has 6 heteroatoms. The predicted octanol–water partition coefficient (Wildman–Crippen LogP) is 6.00. The first-order chi connectivity index (χ1) is 15.8. The number of hydrogen-bond donors (Lipinski definition) is 0. The van der Waals surface area contributed by atoms with Crippen LogP contribution in [0.15, 0.2) is 0 Å². The van der Waals surface area contributed by atoms with Crippen LogP contribution in [0.4, 0.5) is 0 Å². The van der Waals surface area contributed by atoms with Gasteiger partial charge < -0.3 is 28.4 Å². The Labute approximate surface area is 211 Å². The van der Waals surface area contributed by atoms with Gasteiger partial charge >= 0.3 is 0 Å². The highest BCUT2D eigenvalue weighted by Crippen LogP contribution is 2.27. The lowest BCUT2D eigenvalue weighted by molar-refractivity contribution is -0.170. The van der Waals surface area contributed by atoms with Crippen LogP contribution in [0.1, 0.15) is 81.1 Å². The number of methoxy groups -OCH3 is 4. The SMILES string of the molecule is CO[C@@H]([C@H](OC)[C@@H](COCCC(C)CC(C)(C)C)OC)[C@H](COCCC(C)CC(C)(C)C)OC. The molecule has 0 radical (unpaired) electrons. The third-order valence-corrected chi connectivity index (χ3v) is 6.20. The van der Waals surface area contributed by atoms with E-state index in [1.165, 1.54) is 12.8 Å². The maximum atomic E-state index is 5.99. The van der Waals surface area contributed by atoms with E-state index < -0.39 is 0 Å². The fraction of sp³-hybridized carbons (Fsp3) is 1.00. The summed E-state index contributed by atoms with van der Waals surface area (Å²) in [5.74, 6) is 1.24. The van der Waals surface area contributed by atoms with E-state index in [-0.39, 0.29) is 24.4 Å². The molecule has 0 aliphatic rings. The number of ether oxygens (including phenoxy) is 6. The van der Waals surface area contributed by atoms with Gasteiger partial charge in [0.05, 0.1) is 13.2 Å². The third-order valence-electron chi connectivity index (χ3n) is 6.20. The van der Waals surface area contributed by atoms with Crippen molar-refractivity contribution >= 4 is 0 Å². The normalized spacial score (nSPS) is 18.4. The lowest BCUT2D eigenvalue weighted by atomic mass is 9.84. The van der Waals surface area contributed by atoms with Gasteiger partial charge in [-0.2, -0.15) is 0 Å². The van der Waals surface area contributed by atoms with Gasteiger partial charge in [0.25, 0.3) is 0 Å². The molecule has 0 heterocycles. The first kappa shape index (κ1) is 33.8. The minimum absolute atomic E-state index is 0.266. The fourth-order valence-electron chi connectivity index (χ4n) is 4.85. The van der Waals surface area contributed by atoms with Crippen molar-refractivity contribution < 1.29 is 28.4 Å². The van der Waals surface area contributed by atoms with E-state index in [1.807, 2.05) is 0 Å². The predicted molar refractivity (Wildman–Crippen MR) is 141 cm³/mol. The first-order valence-electron chi connectivity index (χ1n) is 13.0. The minimum atomic E-state index is -0.338. The maximum Gasteiger partial charge on any atom is 0.114 e. The summed E-state index contributed by atoms with van der Waals surface area (Å²) < 4.78 is 35.1. The first-order valence-corrected chi connectivity index (χ1v) is 13.0. The molecule has 0 rings (SSSR count). The molecule has 0 saturated heterocycles. The maximum absolute atomic E-state index is 5.99. The lowest BCUT2D eigenvalue weighted by Crippen LogP contribution is -2.51. The quantitative estimate of drug-likeness (QED) is 0.207. The zero-order valence-electron chi connectivity index (χ0n) is 24.6. The molecular formula is C28H58O6. The smallest absolute Gasteiger partial charge is 0.114 e. The van der Waals surface area contributed by atoms with Crippen LogP contribution in [-0.2, 0) is 28.4 Å². The van der Waals surface area contributed by atoms with Crippen molar-refractivity contribution in [3.8, 4) is 0 Å². The van der Waals surface area contributed by atoms with Crippen molar-refractivity contribution in [1.29, 1.82) is 0 Å². The monoisotopic (exact) mass is 490 g/mol. The molecule has 0 aromatic heterocycles. The summed E-state index contributed by atoms with van der Waals surface area (Å²) in [5, 5.41) is 0.